The van der Waals surface area contributed by atoms with Gasteiger partial charge in [0.2, 0.25) is 0 Å². The topological polar surface area (TPSA) is 35.2 Å². The number of rotatable bonds is 3. The Morgan fingerprint density at radius 3 is 2.44 bits per heavy atom. The summed E-state index contributed by atoms with van der Waals surface area (Å²) in [5, 5.41) is 0. The van der Waals surface area contributed by atoms with Crippen LogP contribution in [-0.4, -0.2) is 0 Å². The Kier molecular flexibility index (Phi) is 3.81. The fourth-order valence-electron chi connectivity index (χ4n) is 1.48. The minimum atomic E-state index is -0.670. The molecule has 0 fully saturated rings. The van der Waals surface area contributed by atoms with Crippen LogP contribution in [0.15, 0.2) is 40.9 Å². The molecule has 18 heavy (non-hydrogen) atoms. The molecule has 0 unspecified atom stereocenters. The number of hydrogen-bond donors (Lipinski definition) is 1. The first-order valence-electron chi connectivity index (χ1n) is 5.18. The van der Waals surface area contributed by atoms with Crippen molar-refractivity contribution in [2.75, 3.05) is 5.73 Å². The van der Waals surface area contributed by atoms with Crippen molar-refractivity contribution in [3.8, 4) is 5.75 Å². The molecule has 2 N–H and O–H groups in total. The number of ether oxygens (including phenoxy) is 1. The molecule has 2 nitrogen and oxygen atoms in total. The molecule has 0 bridgehead atoms. The molecule has 0 heterocycles. The second-order valence-electron chi connectivity index (χ2n) is 3.71. The van der Waals surface area contributed by atoms with E-state index in [0.717, 1.165) is 28.2 Å². The molecule has 0 aliphatic heterocycles. The summed E-state index contributed by atoms with van der Waals surface area (Å²) >= 11 is 3.33. The van der Waals surface area contributed by atoms with Crippen molar-refractivity contribution in [3.63, 3.8) is 0 Å². The molecule has 0 radical (unpaired) electrons. The van der Waals surface area contributed by atoms with E-state index in [2.05, 4.69) is 15.9 Å². The van der Waals surface area contributed by atoms with Crippen molar-refractivity contribution in [1.82, 2.24) is 0 Å². The van der Waals surface area contributed by atoms with Crippen LogP contribution in [0.3, 0.4) is 0 Å². The van der Waals surface area contributed by atoms with Crippen LogP contribution in [0.1, 0.15) is 5.56 Å². The van der Waals surface area contributed by atoms with Crippen LogP contribution in [0.25, 0.3) is 0 Å². The highest BCUT2D eigenvalue weighted by atomic mass is 79.9. The van der Waals surface area contributed by atoms with E-state index in [0.29, 0.717) is 5.69 Å². The zero-order chi connectivity index (χ0) is 13.1. The number of anilines is 1. The molecule has 2 aromatic carbocycles. The summed E-state index contributed by atoms with van der Waals surface area (Å²) in [6.45, 7) is 0.175. The Hall–Kier alpha value is -1.62. The number of benzene rings is 2. The standard InChI is InChI=1S/C13H10BrF2NO/c14-13-8(2-1-3-12(13)17)7-18-11-5-9(15)4-10(16)6-11/h1-6H,7,17H2. The van der Waals surface area contributed by atoms with Gasteiger partial charge in [0.1, 0.15) is 24.0 Å². The molecule has 0 atom stereocenters. The monoisotopic (exact) mass is 313 g/mol. The second kappa shape index (κ2) is 5.35. The number of nitrogen functional groups attached to an aromatic ring is 1. The highest BCUT2D eigenvalue weighted by molar-refractivity contribution is 9.10. The average molecular weight is 314 g/mol. The third-order valence-electron chi connectivity index (χ3n) is 2.34. The van der Waals surface area contributed by atoms with Gasteiger partial charge in [-0.3, -0.25) is 0 Å². The SMILES string of the molecule is Nc1cccc(COc2cc(F)cc(F)c2)c1Br. The molecule has 0 aliphatic carbocycles. The summed E-state index contributed by atoms with van der Waals surface area (Å²) in [4.78, 5) is 0. The Labute approximate surface area is 112 Å². The average Bonchev–Trinajstić information content (AvgIpc) is 2.30. The van der Waals surface area contributed by atoms with E-state index >= 15 is 0 Å². The first-order valence-corrected chi connectivity index (χ1v) is 5.97. The second-order valence-corrected chi connectivity index (χ2v) is 4.51. The molecule has 0 spiro atoms. The van der Waals surface area contributed by atoms with E-state index in [1.165, 1.54) is 0 Å². The van der Waals surface area contributed by atoms with Gasteiger partial charge in [-0.1, -0.05) is 12.1 Å². The Morgan fingerprint density at radius 1 is 1.11 bits per heavy atom. The lowest BCUT2D eigenvalue weighted by molar-refractivity contribution is 0.302. The van der Waals surface area contributed by atoms with Crippen LogP contribution in [0.5, 0.6) is 5.75 Å². The number of hydrogen-bond acceptors (Lipinski definition) is 2. The normalized spacial score (nSPS) is 10.4. The van der Waals surface area contributed by atoms with Gasteiger partial charge in [0.05, 0.1) is 0 Å². The Bertz CT molecular complexity index is 555. The molecular formula is C13H10BrF2NO. The van der Waals surface area contributed by atoms with E-state index in [4.69, 9.17) is 10.5 Å². The molecule has 0 amide bonds. The van der Waals surface area contributed by atoms with E-state index in [9.17, 15) is 8.78 Å². The summed E-state index contributed by atoms with van der Waals surface area (Å²) in [6, 6.07) is 8.40. The predicted octanol–water partition coefficient (Wildman–Crippen LogP) is 3.89. The van der Waals surface area contributed by atoms with Crippen LogP contribution in [0, 0.1) is 11.6 Å². The predicted molar refractivity (Wildman–Crippen MR) is 69.2 cm³/mol. The van der Waals surface area contributed by atoms with Gasteiger partial charge in [0.25, 0.3) is 0 Å². The molecule has 5 heteroatoms. The zero-order valence-electron chi connectivity index (χ0n) is 9.29. The Balaban J connectivity index is 2.14. The fraction of sp³-hybridized carbons (Fsp3) is 0.0769. The summed E-state index contributed by atoms with van der Waals surface area (Å²) < 4.78 is 31.9. The van der Waals surface area contributed by atoms with Gasteiger partial charge in [-0.15, -0.1) is 0 Å². The third kappa shape index (κ3) is 2.98. The summed E-state index contributed by atoms with van der Waals surface area (Å²) in [7, 11) is 0. The number of halogens is 3. The van der Waals surface area contributed by atoms with E-state index < -0.39 is 11.6 Å². The van der Waals surface area contributed by atoms with Crippen molar-refractivity contribution in [2.45, 2.75) is 6.61 Å². The summed E-state index contributed by atoms with van der Waals surface area (Å²) in [5.41, 5.74) is 7.11. The maximum Gasteiger partial charge on any atom is 0.129 e. The van der Waals surface area contributed by atoms with Gasteiger partial charge < -0.3 is 10.5 Å². The van der Waals surface area contributed by atoms with Crippen molar-refractivity contribution in [2.24, 2.45) is 0 Å². The van der Waals surface area contributed by atoms with Crippen molar-refractivity contribution in [3.05, 3.63) is 58.1 Å². The van der Waals surface area contributed by atoms with Crippen LogP contribution < -0.4 is 10.5 Å². The third-order valence-corrected chi connectivity index (χ3v) is 3.31. The largest absolute Gasteiger partial charge is 0.489 e. The maximum atomic E-state index is 12.9. The van der Waals surface area contributed by atoms with Gasteiger partial charge in [-0.05, 0) is 22.0 Å². The molecule has 0 saturated carbocycles. The maximum absolute atomic E-state index is 12.9. The lowest BCUT2D eigenvalue weighted by atomic mass is 10.2. The summed E-state index contributed by atoms with van der Waals surface area (Å²) in [5.74, 6) is -1.20. The molecule has 94 valence electrons. The van der Waals surface area contributed by atoms with Crippen LogP contribution in [0.4, 0.5) is 14.5 Å². The highest BCUT2D eigenvalue weighted by Gasteiger charge is 2.05. The molecule has 0 saturated heterocycles. The molecular weight excluding hydrogens is 304 g/mol. The van der Waals surface area contributed by atoms with Crippen LogP contribution in [0.2, 0.25) is 0 Å². The fourth-order valence-corrected chi connectivity index (χ4v) is 1.86. The highest BCUT2D eigenvalue weighted by Crippen LogP contribution is 2.25. The minimum absolute atomic E-state index is 0.141. The molecule has 2 aromatic rings. The van der Waals surface area contributed by atoms with Crippen molar-refractivity contribution >= 4 is 21.6 Å². The van der Waals surface area contributed by atoms with E-state index in [1.54, 1.807) is 12.1 Å². The molecule has 2 rings (SSSR count). The molecule has 0 aromatic heterocycles. The van der Waals surface area contributed by atoms with Crippen molar-refractivity contribution in [1.29, 1.82) is 0 Å². The summed E-state index contributed by atoms with van der Waals surface area (Å²) in [6.07, 6.45) is 0. The lowest BCUT2D eigenvalue weighted by Gasteiger charge is -2.09. The zero-order valence-corrected chi connectivity index (χ0v) is 10.9. The first-order chi connectivity index (χ1) is 8.56. The number of nitrogens with two attached hydrogens (primary N) is 1. The van der Waals surface area contributed by atoms with E-state index in [-0.39, 0.29) is 12.4 Å². The van der Waals surface area contributed by atoms with Gasteiger partial charge in [-0.25, -0.2) is 8.78 Å². The van der Waals surface area contributed by atoms with Gasteiger partial charge in [0, 0.05) is 33.9 Å². The van der Waals surface area contributed by atoms with Crippen LogP contribution >= 0.6 is 15.9 Å². The van der Waals surface area contributed by atoms with E-state index in [1.807, 2.05) is 6.07 Å². The smallest absolute Gasteiger partial charge is 0.129 e. The molecule has 0 aliphatic rings. The first kappa shape index (κ1) is 12.8. The van der Waals surface area contributed by atoms with Crippen LogP contribution in [-0.2, 0) is 6.61 Å². The quantitative estimate of drug-likeness (QED) is 0.873. The van der Waals surface area contributed by atoms with Gasteiger partial charge >= 0.3 is 0 Å². The van der Waals surface area contributed by atoms with Crippen molar-refractivity contribution < 1.29 is 13.5 Å². The Morgan fingerprint density at radius 2 is 1.78 bits per heavy atom. The van der Waals surface area contributed by atoms with Gasteiger partial charge in [0.15, 0.2) is 0 Å². The lowest BCUT2D eigenvalue weighted by Crippen LogP contribution is -1.99. The minimum Gasteiger partial charge on any atom is -0.489 e. The van der Waals surface area contributed by atoms with Gasteiger partial charge in [-0.2, -0.15) is 0 Å².